The molecular weight excluding hydrogens is 178 g/mol. The first-order chi connectivity index (χ1) is 6.88. The Morgan fingerprint density at radius 3 is 3.07 bits per heavy atom. The van der Waals surface area contributed by atoms with E-state index in [0.29, 0.717) is 12.5 Å². The lowest BCUT2D eigenvalue weighted by molar-refractivity contribution is 0.138. The highest BCUT2D eigenvalue weighted by atomic mass is 16.5. The van der Waals surface area contributed by atoms with Gasteiger partial charge in [0.2, 0.25) is 5.88 Å². The van der Waals surface area contributed by atoms with Gasteiger partial charge in [-0.1, -0.05) is 12.7 Å². The molecule has 1 fully saturated rings. The molecule has 0 bridgehead atoms. The van der Waals surface area contributed by atoms with E-state index in [1.54, 1.807) is 12.3 Å². The van der Waals surface area contributed by atoms with Gasteiger partial charge >= 0.3 is 0 Å². The molecule has 3 nitrogen and oxygen atoms in total. The van der Waals surface area contributed by atoms with E-state index in [-0.39, 0.29) is 6.10 Å². The Labute approximate surface area is 83.4 Å². The van der Waals surface area contributed by atoms with Crippen LogP contribution in [0.15, 0.2) is 24.9 Å². The first-order valence-corrected chi connectivity index (χ1v) is 4.71. The summed E-state index contributed by atoms with van der Waals surface area (Å²) in [6.07, 6.45) is 4.62. The van der Waals surface area contributed by atoms with Crippen molar-refractivity contribution in [3.8, 4) is 5.88 Å². The molecule has 0 amide bonds. The van der Waals surface area contributed by atoms with Crippen LogP contribution in [0.4, 0.5) is 0 Å². The molecule has 1 saturated heterocycles. The summed E-state index contributed by atoms with van der Waals surface area (Å²) in [7, 11) is 0. The van der Waals surface area contributed by atoms with E-state index in [4.69, 9.17) is 9.47 Å². The van der Waals surface area contributed by atoms with E-state index >= 15 is 0 Å². The molecule has 0 N–H and O–H groups in total. The van der Waals surface area contributed by atoms with E-state index in [0.717, 1.165) is 18.6 Å². The van der Waals surface area contributed by atoms with Crippen LogP contribution in [0.25, 0.3) is 6.08 Å². The Balaban J connectivity index is 1.98. The Kier molecular flexibility index (Phi) is 2.79. The van der Waals surface area contributed by atoms with Crippen molar-refractivity contribution in [1.82, 2.24) is 4.98 Å². The lowest BCUT2D eigenvalue weighted by Gasteiger charge is -2.10. The molecule has 3 heteroatoms. The summed E-state index contributed by atoms with van der Waals surface area (Å²) in [5.74, 6) is 0.658. The summed E-state index contributed by atoms with van der Waals surface area (Å²) in [6, 6.07) is 3.79. The number of nitrogens with zero attached hydrogens (tertiary/aromatic N) is 1. The van der Waals surface area contributed by atoms with Gasteiger partial charge in [-0.25, -0.2) is 4.98 Å². The van der Waals surface area contributed by atoms with E-state index in [1.807, 2.05) is 12.1 Å². The topological polar surface area (TPSA) is 31.4 Å². The van der Waals surface area contributed by atoms with Gasteiger partial charge in [-0.2, -0.15) is 0 Å². The van der Waals surface area contributed by atoms with Crippen LogP contribution >= 0.6 is 0 Å². The Morgan fingerprint density at radius 1 is 1.57 bits per heavy atom. The molecule has 1 atom stereocenters. The standard InChI is InChI=1S/C11H13NO2/c1-2-9-3-4-11(12-7-9)14-10-5-6-13-8-10/h2-4,7,10H,1,5-6,8H2. The molecule has 1 aliphatic rings. The van der Waals surface area contributed by atoms with Crippen molar-refractivity contribution in [3.05, 3.63) is 30.5 Å². The number of ether oxygens (including phenoxy) is 2. The second-order valence-corrected chi connectivity index (χ2v) is 3.24. The van der Waals surface area contributed by atoms with E-state index in [2.05, 4.69) is 11.6 Å². The third-order valence-corrected chi connectivity index (χ3v) is 2.17. The van der Waals surface area contributed by atoms with Gasteiger partial charge in [0.15, 0.2) is 0 Å². The Morgan fingerprint density at radius 2 is 2.50 bits per heavy atom. The van der Waals surface area contributed by atoms with Crippen LogP contribution in [0.3, 0.4) is 0 Å². The summed E-state index contributed by atoms with van der Waals surface area (Å²) in [5.41, 5.74) is 1.00. The summed E-state index contributed by atoms with van der Waals surface area (Å²) < 4.78 is 10.8. The lowest BCUT2D eigenvalue weighted by Crippen LogP contribution is -2.16. The average Bonchev–Trinajstić information content (AvgIpc) is 2.72. The van der Waals surface area contributed by atoms with Crippen LogP contribution in [0.1, 0.15) is 12.0 Å². The van der Waals surface area contributed by atoms with Crippen molar-refractivity contribution >= 4 is 6.08 Å². The van der Waals surface area contributed by atoms with Crippen LogP contribution in [0, 0.1) is 0 Å². The molecule has 14 heavy (non-hydrogen) atoms. The maximum absolute atomic E-state index is 5.60. The van der Waals surface area contributed by atoms with E-state index in [1.165, 1.54) is 0 Å². The zero-order chi connectivity index (χ0) is 9.80. The monoisotopic (exact) mass is 191 g/mol. The van der Waals surface area contributed by atoms with Crippen molar-refractivity contribution in [3.63, 3.8) is 0 Å². The van der Waals surface area contributed by atoms with Gasteiger partial charge in [-0.05, 0) is 11.6 Å². The maximum atomic E-state index is 5.60. The normalized spacial score (nSPS) is 20.7. The van der Waals surface area contributed by atoms with Gasteiger partial charge in [-0.3, -0.25) is 0 Å². The fourth-order valence-corrected chi connectivity index (χ4v) is 1.36. The number of rotatable bonds is 3. The molecule has 2 rings (SSSR count). The third-order valence-electron chi connectivity index (χ3n) is 2.17. The van der Waals surface area contributed by atoms with Crippen molar-refractivity contribution in [2.24, 2.45) is 0 Å². The molecule has 0 aliphatic carbocycles. The summed E-state index contributed by atoms with van der Waals surface area (Å²) in [6.45, 7) is 5.12. The molecule has 2 heterocycles. The zero-order valence-electron chi connectivity index (χ0n) is 7.98. The van der Waals surface area contributed by atoms with Gasteiger partial charge in [0, 0.05) is 18.7 Å². The molecule has 1 unspecified atom stereocenters. The highest BCUT2D eigenvalue weighted by Gasteiger charge is 2.17. The second kappa shape index (κ2) is 4.24. The number of aromatic nitrogens is 1. The van der Waals surface area contributed by atoms with E-state index in [9.17, 15) is 0 Å². The molecule has 0 saturated carbocycles. The van der Waals surface area contributed by atoms with Crippen molar-refractivity contribution in [2.75, 3.05) is 13.2 Å². The van der Waals surface area contributed by atoms with Crippen LogP contribution in [-0.2, 0) is 4.74 Å². The molecule has 1 aromatic heterocycles. The average molecular weight is 191 g/mol. The summed E-state index contributed by atoms with van der Waals surface area (Å²) in [5, 5.41) is 0. The number of pyridine rings is 1. The quantitative estimate of drug-likeness (QED) is 0.731. The molecule has 0 radical (unpaired) electrons. The van der Waals surface area contributed by atoms with Gasteiger partial charge in [-0.15, -0.1) is 0 Å². The zero-order valence-corrected chi connectivity index (χ0v) is 7.98. The number of hydrogen-bond donors (Lipinski definition) is 0. The van der Waals surface area contributed by atoms with Gasteiger partial charge in [0.1, 0.15) is 6.10 Å². The largest absolute Gasteiger partial charge is 0.472 e. The molecule has 74 valence electrons. The molecule has 1 aliphatic heterocycles. The van der Waals surface area contributed by atoms with Crippen LogP contribution in [0.5, 0.6) is 5.88 Å². The number of hydrogen-bond acceptors (Lipinski definition) is 3. The van der Waals surface area contributed by atoms with Crippen molar-refractivity contribution in [1.29, 1.82) is 0 Å². The van der Waals surface area contributed by atoms with Gasteiger partial charge < -0.3 is 9.47 Å². The molecule has 1 aromatic rings. The first kappa shape index (κ1) is 9.21. The van der Waals surface area contributed by atoms with E-state index < -0.39 is 0 Å². The minimum Gasteiger partial charge on any atom is -0.472 e. The van der Waals surface area contributed by atoms with Crippen LogP contribution in [-0.4, -0.2) is 24.3 Å². The van der Waals surface area contributed by atoms with Crippen molar-refractivity contribution in [2.45, 2.75) is 12.5 Å². The smallest absolute Gasteiger partial charge is 0.213 e. The third kappa shape index (κ3) is 2.12. The lowest BCUT2D eigenvalue weighted by atomic mass is 10.3. The highest BCUT2D eigenvalue weighted by molar-refractivity contribution is 5.45. The summed E-state index contributed by atoms with van der Waals surface area (Å²) in [4.78, 5) is 4.16. The fourth-order valence-electron chi connectivity index (χ4n) is 1.36. The van der Waals surface area contributed by atoms with Gasteiger partial charge in [0.05, 0.1) is 13.2 Å². The first-order valence-electron chi connectivity index (χ1n) is 4.71. The molecular formula is C11H13NO2. The predicted octanol–water partition coefficient (Wildman–Crippen LogP) is 1.89. The second-order valence-electron chi connectivity index (χ2n) is 3.24. The Bertz CT molecular complexity index is 302. The highest BCUT2D eigenvalue weighted by Crippen LogP contribution is 2.14. The maximum Gasteiger partial charge on any atom is 0.213 e. The fraction of sp³-hybridized carbons (Fsp3) is 0.364. The SMILES string of the molecule is C=Cc1ccc(OC2CCOC2)nc1. The van der Waals surface area contributed by atoms with Crippen LogP contribution in [0.2, 0.25) is 0 Å². The minimum atomic E-state index is 0.164. The van der Waals surface area contributed by atoms with Gasteiger partial charge in [0.25, 0.3) is 0 Å². The minimum absolute atomic E-state index is 0.164. The molecule has 0 spiro atoms. The predicted molar refractivity (Wildman–Crippen MR) is 54.2 cm³/mol. The van der Waals surface area contributed by atoms with Crippen molar-refractivity contribution < 1.29 is 9.47 Å². The summed E-state index contributed by atoms with van der Waals surface area (Å²) >= 11 is 0. The molecule has 0 aromatic carbocycles. The van der Waals surface area contributed by atoms with Crippen LogP contribution < -0.4 is 4.74 Å². The Hall–Kier alpha value is -1.35.